The summed E-state index contributed by atoms with van der Waals surface area (Å²) in [4.78, 5) is 27.2. The number of likely N-dealkylation sites (N-methyl/N-ethyl adjacent to an activating group) is 1. The van der Waals surface area contributed by atoms with Crippen LogP contribution >= 0.6 is 0 Å². The Balaban J connectivity index is 2.23. The molecule has 1 atom stereocenters. The molecule has 5 nitrogen and oxygen atoms in total. The number of para-hydroxylation sites is 1. The van der Waals surface area contributed by atoms with Crippen LogP contribution in [0.3, 0.4) is 0 Å². The SMILES string of the molecule is CCNC(=O)[C@H](C)N(Cc1ccccc1C)C(=O)COc1ccccc1C(C)(C)C. The lowest BCUT2D eigenvalue weighted by Crippen LogP contribution is -2.49. The molecule has 0 radical (unpaired) electrons. The topological polar surface area (TPSA) is 58.6 Å². The monoisotopic (exact) mass is 410 g/mol. The molecule has 0 saturated carbocycles. The predicted octanol–water partition coefficient (Wildman–Crippen LogP) is 4.22. The molecule has 0 aromatic heterocycles. The molecule has 1 N–H and O–H groups in total. The Morgan fingerprint density at radius 3 is 2.33 bits per heavy atom. The number of ether oxygens (including phenoxy) is 1. The lowest BCUT2D eigenvalue weighted by molar-refractivity contribution is -0.142. The summed E-state index contributed by atoms with van der Waals surface area (Å²) in [6, 6.07) is 15.1. The van der Waals surface area contributed by atoms with E-state index in [2.05, 4.69) is 26.1 Å². The molecule has 0 aliphatic heterocycles. The van der Waals surface area contributed by atoms with Gasteiger partial charge < -0.3 is 15.0 Å². The molecular weight excluding hydrogens is 376 g/mol. The van der Waals surface area contributed by atoms with Crippen LogP contribution in [0.25, 0.3) is 0 Å². The molecule has 0 aliphatic carbocycles. The zero-order valence-electron chi connectivity index (χ0n) is 19.0. The van der Waals surface area contributed by atoms with Crippen molar-refractivity contribution in [3.05, 3.63) is 65.2 Å². The molecule has 0 heterocycles. The van der Waals surface area contributed by atoms with Crippen LogP contribution in [0.4, 0.5) is 0 Å². The van der Waals surface area contributed by atoms with Gasteiger partial charge >= 0.3 is 0 Å². The molecule has 5 heteroatoms. The minimum Gasteiger partial charge on any atom is -0.483 e. The Morgan fingerprint density at radius 1 is 1.07 bits per heavy atom. The van der Waals surface area contributed by atoms with Crippen molar-refractivity contribution >= 4 is 11.8 Å². The fourth-order valence-electron chi connectivity index (χ4n) is 3.31. The van der Waals surface area contributed by atoms with Crippen molar-refractivity contribution in [1.82, 2.24) is 10.2 Å². The predicted molar refractivity (Wildman–Crippen MR) is 121 cm³/mol. The number of amides is 2. The summed E-state index contributed by atoms with van der Waals surface area (Å²) >= 11 is 0. The second-order valence-corrected chi connectivity index (χ2v) is 8.55. The smallest absolute Gasteiger partial charge is 0.261 e. The van der Waals surface area contributed by atoms with Crippen LogP contribution in [0.15, 0.2) is 48.5 Å². The quantitative estimate of drug-likeness (QED) is 0.709. The van der Waals surface area contributed by atoms with E-state index in [9.17, 15) is 9.59 Å². The van der Waals surface area contributed by atoms with Gasteiger partial charge in [0, 0.05) is 13.1 Å². The molecule has 2 amide bonds. The Hall–Kier alpha value is -2.82. The summed E-state index contributed by atoms with van der Waals surface area (Å²) in [7, 11) is 0. The summed E-state index contributed by atoms with van der Waals surface area (Å²) < 4.78 is 5.94. The van der Waals surface area contributed by atoms with Crippen LogP contribution in [0, 0.1) is 6.92 Å². The van der Waals surface area contributed by atoms with Gasteiger partial charge in [0.25, 0.3) is 5.91 Å². The number of rotatable bonds is 8. The highest BCUT2D eigenvalue weighted by atomic mass is 16.5. The summed E-state index contributed by atoms with van der Waals surface area (Å²) in [5, 5.41) is 2.81. The number of carbonyl (C=O) groups is 2. The molecule has 0 spiro atoms. The van der Waals surface area contributed by atoms with E-state index in [0.29, 0.717) is 18.8 Å². The van der Waals surface area contributed by atoms with Gasteiger partial charge in [0.2, 0.25) is 5.91 Å². The lowest BCUT2D eigenvalue weighted by atomic mass is 9.86. The number of nitrogens with zero attached hydrogens (tertiary/aromatic N) is 1. The van der Waals surface area contributed by atoms with E-state index in [4.69, 9.17) is 4.74 Å². The average molecular weight is 411 g/mol. The first-order valence-electron chi connectivity index (χ1n) is 10.5. The summed E-state index contributed by atoms with van der Waals surface area (Å²) in [5.74, 6) is 0.301. The molecule has 2 aromatic carbocycles. The van der Waals surface area contributed by atoms with Crippen LogP contribution in [0.5, 0.6) is 5.75 Å². The molecule has 0 saturated heterocycles. The molecule has 0 bridgehead atoms. The lowest BCUT2D eigenvalue weighted by Gasteiger charge is -2.29. The Morgan fingerprint density at radius 2 is 1.70 bits per heavy atom. The molecule has 162 valence electrons. The molecule has 0 fully saturated rings. The fourth-order valence-corrected chi connectivity index (χ4v) is 3.31. The van der Waals surface area contributed by atoms with Gasteiger partial charge in [-0.15, -0.1) is 0 Å². The van der Waals surface area contributed by atoms with Crippen molar-refractivity contribution < 1.29 is 14.3 Å². The zero-order chi connectivity index (χ0) is 22.3. The van der Waals surface area contributed by atoms with Gasteiger partial charge in [0.05, 0.1) is 0 Å². The van der Waals surface area contributed by atoms with Crippen molar-refractivity contribution in [3.63, 3.8) is 0 Å². The number of benzene rings is 2. The summed E-state index contributed by atoms with van der Waals surface area (Å²) in [6.45, 7) is 12.7. The Kier molecular flexibility index (Phi) is 8.04. The van der Waals surface area contributed by atoms with Crippen LogP contribution in [0.1, 0.15) is 51.3 Å². The van der Waals surface area contributed by atoms with Gasteiger partial charge in [0.15, 0.2) is 6.61 Å². The van der Waals surface area contributed by atoms with Crippen LogP contribution in [-0.4, -0.2) is 35.9 Å². The van der Waals surface area contributed by atoms with E-state index >= 15 is 0 Å². The maximum absolute atomic E-state index is 13.2. The van der Waals surface area contributed by atoms with Gasteiger partial charge in [-0.25, -0.2) is 0 Å². The summed E-state index contributed by atoms with van der Waals surface area (Å²) in [6.07, 6.45) is 0. The highest BCUT2D eigenvalue weighted by Gasteiger charge is 2.27. The standard InChI is InChI=1S/C25H34N2O3/c1-7-26-24(29)19(3)27(16-20-13-9-8-12-18(20)2)23(28)17-30-22-15-11-10-14-21(22)25(4,5)6/h8-15,19H,7,16-17H2,1-6H3,(H,26,29)/t19-/m0/s1. The highest BCUT2D eigenvalue weighted by Crippen LogP contribution is 2.31. The van der Waals surface area contributed by atoms with Crippen molar-refractivity contribution in [3.8, 4) is 5.75 Å². The second kappa shape index (κ2) is 10.3. The normalized spacial score (nSPS) is 12.2. The second-order valence-electron chi connectivity index (χ2n) is 8.55. The van der Waals surface area contributed by atoms with E-state index in [1.54, 1.807) is 11.8 Å². The largest absolute Gasteiger partial charge is 0.483 e. The third-order valence-corrected chi connectivity index (χ3v) is 5.17. The molecule has 2 aromatic rings. The molecule has 0 unspecified atom stereocenters. The first-order chi connectivity index (χ1) is 14.1. The average Bonchev–Trinajstić information content (AvgIpc) is 2.70. The number of carbonyl (C=O) groups excluding carboxylic acids is 2. The number of nitrogens with one attached hydrogen (secondary N) is 1. The van der Waals surface area contributed by atoms with E-state index < -0.39 is 6.04 Å². The first-order valence-corrected chi connectivity index (χ1v) is 10.5. The third-order valence-electron chi connectivity index (χ3n) is 5.17. The minimum absolute atomic E-state index is 0.102. The molecule has 30 heavy (non-hydrogen) atoms. The molecule has 0 aliphatic rings. The van der Waals surface area contributed by atoms with Crippen molar-refractivity contribution in [2.24, 2.45) is 0 Å². The number of hydrogen-bond acceptors (Lipinski definition) is 3. The van der Waals surface area contributed by atoms with Crippen molar-refractivity contribution in [2.75, 3.05) is 13.2 Å². The minimum atomic E-state index is -0.599. The molecular formula is C25H34N2O3. The first kappa shape index (κ1) is 23.5. The Labute approximate surface area is 180 Å². The van der Waals surface area contributed by atoms with Crippen molar-refractivity contribution in [1.29, 1.82) is 0 Å². The van der Waals surface area contributed by atoms with E-state index in [1.807, 2.05) is 62.4 Å². The van der Waals surface area contributed by atoms with Crippen LogP contribution < -0.4 is 10.1 Å². The van der Waals surface area contributed by atoms with E-state index in [-0.39, 0.29) is 23.8 Å². The Bertz CT molecular complexity index is 871. The van der Waals surface area contributed by atoms with Gasteiger partial charge in [-0.3, -0.25) is 9.59 Å². The van der Waals surface area contributed by atoms with Gasteiger partial charge in [-0.05, 0) is 48.9 Å². The van der Waals surface area contributed by atoms with Gasteiger partial charge in [0.1, 0.15) is 11.8 Å². The van der Waals surface area contributed by atoms with Gasteiger partial charge in [-0.2, -0.15) is 0 Å². The highest BCUT2D eigenvalue weighted by molar-refractivity contribution is 5.88. The van der Waals surface area contributed by atoms with Crippen molar-refractivity contribution in [2.45, 2.75) is 59.5 Å². The van der Waals surface area contributed by atoms with Crippen LogP contribution in [0.2, 0.25) is 0 Å². The maximum Gasteiger partial charge on any atom is 0.261 e. The maximum atomic E-state index is 13.2. The zero-order valence-corrected chi connectivity index (χ0v) is 19.0. The van der Waals surface area contributed by atoms with Crippen LogP contribution in [-0.2, 0) is 21.5 Å². The number of hydrogen-bond donors (Lipinski definition) is 1. The van der Waals surface area contributed by atoms with E-state index in [0.717, 1.165) is 16.7 Å². The van der Waals surface area contributed by atoms with Gasteiger partial charge in [-0.1, -0.05) is 63.2 Å². The number of aryl methyl sites for hydroxylation is 1. The fraction of sp³-hybridized carbons (Fsp3) is 0.440. The third kappa shape index (κ3) is 6.09. The van der Waals surface area contributed by atoms with E-state index in [1.165, 1.54) is 0 Å². The molecule has 2 rings (SSSR count). The summed E-state index contributed by atoms with van der Waals surface area (Å²) in [5.41, 5.74) is 3.03.